The number of carbonyl (C=O) groups is 1. The van der Waals surface area contributed by atoms with Crippen LogP contribution >= 0.6 is 0 Å². The normalized spacial score (nSPS) is 12.1. The molecule has 4 heteroatoms. The second kappa shape index (κ2) is 7.07. The van der Waals surface area contributed by atoms with E-state index in [0.29, 0.717) is 13.0 Å². The van der Waals surface area contributed by atoms with Gasteiger partial charge in [0.25, 0.3) is 0 Å². The largest absolute Gasteiger partial charge is 0.466 e. The Morgan fingerprint density at radius 1 is 1.38 bits per heavy atom. The number of carbonyl (C=O) groups excluding carboxylic acids is 1. The molecule has 1 aromatic heterocycles. The first kappa shape index (κ1) is 15.3. The number of hydrogen-bond acceptors (Lipinski definition) is 4. The predicted octanol–water partition coefficient (Wildman–Crippen LogP) is 3.69. The van der Waals surface area contributed by atoms with E-state index in [0.717, 1.165) is 28.7 Å². The molecular formula is C17H22N2O2. The van der Waals surface area contributed by atoms with E-state index in [4.69, 9.17) is 4.74 Å². The number of para-hydroxylation sites is 1. The van der Waals surface area contributed by atoms with Gasteiger partial charge in [0.2, 0.25) is 0 Å². The molecule has 2 aromatic rings. The van der Waals surface area contributed by atoms with Gasteiger partial charge in [0, 0.05) is 17.8 Å². The Hall–Kier alpha value is -2.10. The summed E-state index contributed by atoms with van der Waals surface area (Å²) in [6.07, 6.45) is 1.15. The van der Waals surface area contributed by atoms with Crippen molar-refractivity contribution < 1.29 is 9.53 Å². The maximum Gasteiger partial charge on any atom is 0.305 e. The van der Waals surface area contributed by atoms with Crippen LogP contribution in [-0.4, -0.2) is 23.6 Å². The summed E-state index contributed by atoms with van der Waals surface area (Å²) in [5.41, 5.74) is 2.08. The van der Waals surface area contributed by atoms with E-state index in [9.17, 15) is 4.79 Å². The molecule has 0 aliphatic rings. The van der Waals surface area contributed by atoms with Crippen LogP contribution < -0.4 is 5.32 Å². The Bertz CT molecular complexity index is 625. The van der Waals surface area contributed by atoms with Crippen LogP contribution in [0.5, 0.6) is 0 Å². The number of ether oxygens (including phenoxy) is 1. The Balaban J connectivity index is 2.02. The smallest absolute Gasteiger partial charge is 0.305 e. The summed E-state index contributed by atoms with van der Waals surface area (Å²) in [7, 11) is 0. The second-order valence-corrected chi connectivity index (χ2v) is 5.24. The zero-order chi connectivity index (χ0) is 15.2. The van der Waals surface area contributed by atoms with E-state index in [-0.39, 0.29) is 12.0 Å². The molecule has 0 spiro atoms. The summed E-state index contributed by atoms with van der Waals surface area (Å²) in [5, 5.41) is 4.52. The van der Waals surface area contributed by atoms with E-state index in [2.05, 4.69) is 29.4 Å². The number of aryl methyl sites for hydroxylation is 1. The maximum absolute atomic E-state index is 11.4. The third-order valence-electron chi connectivity index (χ3n) is 3.38. The summed E-state index contributed by atoms with van der Waals surface area (Å²) in [6, 6.07) is 10.4. The minimum absolute atomic E-state index is 0.144. The standard InChI is InChI=1S/C17H22N2O2/c1-4-21-16(20)10-9-13(3)18-17-12(2)11-14-7-5-6-8-15(14)19-17/h5-8,11,13H,4,9-10H2,1-3H3,(H,18,19). The molecule has 1 N–H and O–H groups in total. The van der Waals surface area contributed by atoms with E-state index in [1.165, 1.54) is 0 Å². The van der Waals surface area contributed by atoms with Crippen LogP contribution in [-0.2, 0) is 9.53 Å². The average molecular weight is 286 g/mol. The summed E-state index contributed by atoms with van der Waals surface area (Å²) in [6.45, 7) is 6.35. The third kappa shape index (κ3) is 4.18. The molecule has 0 aliphatic heterocycles. The van der Waals surface area contributed by atoms with Crippen LogP contribution in [0.4, 0.5) is 5.82 Å². The average Bonchev–Trinajstić information content (AvgIpc) is 2.46. The number of nitrogens with one attached hydrogen (secondary N) is 1. The summed E-state index contributed by atoms with van der Waals surface area (Å²) in [4.78, 5) is 16.0. The molecule has 21 heavy (non-hydrogen) atoms. The lowest BCUT2D eigenvalue weighted by Gasteiger charge is -2.16. The van der Waals surface area contributed by atoms with E-state index < -0.39 is 0 Å². The van der Waals surface area contributed by atoms with Gasteiger partial charge < -0.3 is 10.1 Å². The molecule has 0 saturated heterocycles. The van der Waals surface area contributed by atoms with Gasteiger partial charge in [-0.15, -0.1) is 0 Å². The zero-order valence-electron chi connectivity index (χ0n) is 12.8. The molecule has 0 aliphatic carbocycles. The van der Waals surface area contributed by atoms with Crippen molar-refractivity contribution in [3.8, 4) is 0 Å². The first-order valence-corrected chi connectivity index (χ1v) is 7.38. The van der Waals surface area contributed by atoms with Crippen LogP contribution in [0.3, 0.4) is 0 Å². The van der Waals surface area contributed by atoms with Crippen LogP contribution in [0, 0.1) is 6.92 Å². The van der Waals surface area contributed by atoms with Crippen molar-refractivity contribution in [1.82, 2.24) is 4.98 Å². The minimum Gasteiger partial charge on any atom is -0.466 e. The van der Waals surface area contributed by atoms with Crippen molar-refractivity contribution in [1.29, 1.82) is 0 Å². The molecule has 0 bridgehead atoms. The molecule has 2 rings (SSSR count). The molecule has 1 aromatic carbocycles. The molecule has 0 fully saturated rings. The molecule has 1 heterocycles. The molecule has 1 unspecified atom stereocenters. The fourth-order valence-electron chi connectivity index (χ4n) is 2.24. The first-order chi connectivity index (χ1) is 10.1. The van der Waals surface area contributed by atoms with Gasteiger partial charge in [0.05, 0.1) is 12.1 Å². The fourth-order valence-corrected chi connectivity index (χ4v) is 2.24. The van der Waals surface area contributed by atoms with Crippen molar-refractivity contribution >= 4 is 22.7 Å². The van der Waals surface area contributed by atoms with Crippen molar-refractivity contribution in [2.75, 3.05) is 11.9 Å². The highest BCUT2D eigenvalue weighted by molar-refractivity contribution is 5.81. The molecule has 1 atom stereocenters. The fraction of sp³-hybridized carbons (Fsp3) is 0.412. The number of rotatable bonds is 6. The molecule has 0 radical (unpaired) electrons. The van der Waals surface area contributed by atoms with Crippen LogP contribution in [0.1, 0.15) is 32.3 Å². The monoisotopic (exact) mass is 286 g/mol. The Labute approximate surface area is 125 Å². The van der Waals surface area contributed by atoms with Gasteiger partial charge in [0.1, 0.15) is 5.82 Å². The quantitative estimate of drug-likeness (QED) is 0.823. The van der Waals surface area contributed by atoms with E-state index in [1.807, 2.05) is 32.0 Å². The van der Waals surface area contributed by atoms with Gasteiger partial charge in [-0.3, -0.25) is 4.79 Å². The number of benzene rings is 1. The summed E-state index contributed by atoms with van der Waals surface area (Å²) >= 11 is 0. The van der Waals surface area contributed by atoms with E-state index >= 15 is 0 Å². The number of anilines is 1. The topological polar surface area (TPSA) is 51.2 Å². The number of esters is 1. The van der Waals surface area contributed by atoms with Crippen molar-refractivity contribution in [2.24, 2.45) is 0 Å². The van der Waals surface area contributed by atoms with Crippen molar-refractivity contribution in [3.05, 3.63) is 35.9 Å². The highest BCUT2D eigenvalue weighted by Crippen LogP contribution is 2.20. The van der Waals surface area contributed by atoms with Gasteiger partial charge in [-0.2, -0.15) is 0 Å². The van der Waals surface area contributed by atoms with Crippen LogP contribution in [0.15, 0.2) is 30.3 Å². The van der Waals surface area contributed by atoms with Gasteiger partial charge >= 0.3 is 5.97 Å². The van der Waals surface area contributed by atoms with Crippen LogP contribution in [0.2, 0.25) is 0 Å². The van der Waals surface area contributed by atoms with Gasteiger partial charge in [-0.1, -0.05) is 18.2 Å². The number of fused-ring (bicyclic) bond motifs is 1. The number of pyridine rings is 1. The van der Waals surface area contributed by atoms with Crippen molar-refractivity contribution in [3.63, 3.8) is 0 Å². The zero-order valence-corrected chi connectivity index (χ0v) is 12.8. The van der Waals surface area contributed by atoms with Gasteiger partial charge in [0.15, 0.2) is 0 Å². The summed E-state index contributed by atoms with van der Waals surface area (Å²) in [5.74, 6) is 0.736. The lowest BCUT2D eigenvalue weighted by Crippen LogP contribution is -2.19. The SMILES string of the molecule is CCOC(=O)CCC(C)Nc1nc2ccccc2cc1C. The highest BCUT2D eigenvalue weighted by atomic mass is 16.5. The van der Waals surface area contributed by atoms with E-state index in [1.54, 1.807) is 0 Å². The molecule has 0 saturated carbocycles. The Kier molecular flexibility index (Phi) is 5.14. The maximum atomic E-state index is 11.4. The lowest BCUT2D eigenvalue weighted by atomic mass is 10.1. The second-order valence-electron chi connectivity index (χ2n) is 5.24. The molecule has 0 amide bonds. The number of nitrogens with zero attached hydrogens (tertiary/aromatic N) is 1. The Morgan fingerprint density at radius 2 is 2.14 bits per heavy atom. The Morgan fingerprint density at radius 3 is 2.90 bits per heavy atom. The molecule has 4 nitrogen and oxygen atoms in total. The predicted molar refractivity (Wildman–Crippen MR) is 85.4 cm³/mol. The van der Waals surface area contributed by atoms with Crippen molar-refractivity contribution in [2.45, 2.75) is 39.7 Å². The molecular weight excluding hydrogens is 264 g/mol. The first-order valence-electron chi connectivity index (χ1n) is 7.38. The lowest BCUT2D eigenvalue weighted by molar-refractivity contribution is -0.143. The van der Waals surface area contributed by atoms with Gasteiger partial charge in [-0.25, -0.2) is 4.98 Å². The minimum atomic E-state index is -0.144. The molecule has 112 valence electrons. The highest BCUT2D eigenvalue weighted by Gasteiger charge is 2.10. The summed E-state index contributed by atoms with van der Waals surface area (Å²) < 4.78 is 4.94. The number of aromatic nitrogens is 1. The van der Waals surface area contributed by atoms with Gasteiger partial charge in [-0.05, 0) is 44.9 Å². The number of hydrogen-bond donors (Lipinski definition) is 1. The van der Waals surface area contributed by atoms with Crippen LogP contribution in [0.25, 0.3) is 10.9 Å². The third-order valence-corrected chi connectivity index (χ3v) is 3.38.